The lowest BCUT2D eigenvalue weighted by Gasteiger charge is -2.14. The van der Waals surface area contributed by atoms with Crippen LogP contribution >= 0.6 is 0 Å². The Labute approximate surface area is 197 Å². The highest BCUT2D eigenvalue weighted by molar-refractivity contribution is 5.91. The molecule has 0 spiro atoms. The molecule has 0 aromatic heterocycles. The summed E-state index contributed by atoms with van der Waals surface area (Å²) >= 11 is 0. The number of benzene rings is 3. The minimum absolute atomic E-state index is 0.0187. The first-order valence-corrected chi connectivity index (χ1v) is 11.2. The Bertz CT molecular complexity index is 1160. The van der Waals surface area contributed by atoms with Crippen molar-refractivity contribution in [3.63, 3.8) is 0 Å². The number of carboxylic acid groups (broad SMARTS) is 1. The zero-order valence-corrected chi connectivity index (χ0v) is 18.6. The van der Waals surface area contributed by atoms with Gasteiger partial charge in [-0.05, 0) is 46.4 Å². The van der Waals surface area contributed by atoms with Gasteiger partial charge in [0, 0.05) is 31.0 Å². The summed E-state index contributed by atoms with van der Waals surface area (Å²) in [7, 11) is 0. The van der Waals surface area contributed by atoms with Crippen molar-refractivity contribution in [2.45, 2.75) is 25.2 Å². The first kappa shape index (κ1) is 23.0. The van der Waals surface area contributed by atoms with Crippen LogP contribution in [0, 0.1) is 0 Å². The van der Waals surface area contributed by atoms with Crippen molar-refractivity contribution >= 4 is 23.7 Å². The number of carbonyl (C=O) groups excluding carboxylic acids is 2. The van der Waals surface area contributed by atoms with Gasteiger partial charge in [0.05, 0.1) is 0 Å². The second kappa shape index (κ2) is 10.7. The van der Waals surface area contributed by atoms with E-state index in [1.54, 1.807) is 18.2 Å². The number of hydrogen-bond acceptors (Lipinski definition) is 4. The Hall–Kier alpha value is -4.13. The summed E-state index contributed by atoms with van der Waals surface area (Å²) in [5.41, 5.74) is 6.03. The number of aliphatic carboxylic acids is 1. The van der Waals surface area contributed by atoms with Crippen LogP contribution in [-0.4, -0.2) is 36.2 Å². The molecule has 0 heterocycles. The normalized spacial score (nSPS) is 11.9. The molecule has 174 valence electrons. The standard InChI is InChI=1S/C27H26N2O5/c30-25(29-19-7-5-6-18(16-19)12-13-26(31)32)14-15-28-27(33)34-17-24-22-10-3-1-8-20(22)21-9-2-4-11-23(21)24/h1-11,16,24H,12-15,17H2,(H,28,33)(H,29,30)(H,31,32). The molecule has 0 unspecified atom stereocenters. The predicted octanol–water partition coefficient (Wildman–Crippen LogP) is 4.57. The maximum absolute atomic E-state index is 12.2. The maximum Gasteiger partial charge on any atom is 0.407 e. The number of carboxylic acids is 1. The molecular weight excluding hydrogens is 432 g/mol. The van der Waals surface area contributed by atoms with Crippen LogP contribution in [0.1, 0.15) is 35.4 Å². The van der Waals surface area contributed by atoms with Gasteiger partial charge in [0.15, 0.2) is 0 Å². The van der Waals surface area contributed by atoms with E-state index in [-0.39, 0.29) is 37.8 Å². The predicted molar refractivity (Wildman–Crippen MR) is 129 cm³/mol. The molecule has 2 amide bonds. The van der Waals surface area contributed by atoms with E-state index in [1.165, 1.54) is 0 Å². The fourth-order valence-corrected chi connectivity index (χ4v) is 4.21. The Morgan fingerprint density at radius 2 is 1.53 bits per heavy atom. The van der Waals surface area contributed by atoms with E-state index < -0.39 is 12.1 Å². The quantitative estimate of drug-likeness (QED) is 0.436. The van der Waals surface area contributed by atoms with E-state index in [0.29, 0.717) is 12.1 Å². The third-order valence-corrected chi connectivity index (χ3v) is 5.80. The monoisotopic (exact) mass is 458 g/mol. The molecule has 3 aromatic rings. The molecule has 1 aliphatic carbocycles. The van der Waals surface area contributed by atoms with Gasteiger partial charge in [-0.2, -0.15) is 0 Å². The third-order valence-electron chi connectivity index (χ3n) is 5.80. The smallest absolute Gasteiger partial charge is 0.407 e. The SMILES string of the molecule is O=C(O)CCc1cccc(NC(=O)CCNC(=O)OCC2c3ccccc3-c3ccccc32)c1. The Morgan fingerprint density at radius 3 is 2.21 bits per heavy atom. The highest BCUT2D eigenvalue weighted by Crippen LogP contribution is 2.44. The van der Waals surface area contributed by atoms with Crippen molar-refractivity contribution in [2.75, 3.05) is 18.5 Å². The summed E-state index contributed by atoms with van der Waals surface area (Å²) in [6, 6.07) is 23.3. The number of hydrogen-bond donors (Lipinski definition) is 3. The van der Waals surface area contributed by atoms with E-state index >= 15 is 0 Å². The molecule has 7 heteroatoms. The molecule has 0 atom stereocenters. The van der Waals surface area contributed by atoms with Gasteiger partial charge in [0.2, 0.25) is 5.91 Å². The highest BCUT2D eigenvalue weighted by atomic mass is 16.5. The maximum atomic E-state index is 12.2. The summed E-state index contributed by atoms with van der Waals surface area (Å²) in [6.07, 6.45) is -0.0572. The molecule has 0 saturated carbocycles. The molecule has 7 nitrogen and oxygen atoms in total. The summed E-state index contributed by atoms with van der Waals surface area (Å²) in [4.78, 5) is 35.2. The van der Waals surface area contributed by atoms with Crippen molar-refractivity contribution in [3.8, 4) is 11.1 Å². The number of fused-ring (bicyclic) bond motifs is 3. The molecule has 0 radical (unpaired) electrons. The van der Waals surface area contributed by atoms with Crippen molar-refractivity contribution in [1.82, 2.24) is 5.32 Å². The molecule has 3 aromatic carbocycles. The van der Waals surface area contributed by atoms with E-state index in [0.717, 1.165) is 27.8 Å². The van der Waals surface area contributed by atoms with Crippen molar-refractivity contribution in [3.05, 3.63) is 89.5 Å². The fraction of sp³-hybridized carbons (Fsp3) is 0.222. The van der Waals surface area contributed by atoms with Gasteiger partial charge in [-0.25, -0.2) is 4.79 Å². The van der Waals surface area contributed by atoms with Crippen molar-refractivity contribution < 1.29 is 24.2 Å². The van der Waals surface area contributed by atoms with Crippen molar-refractivity contribution in [1.29, 1.82) is 0 Å². The molecule has 0 saturated heterocycles. The summed E-state index contributed by atoms with van der Waals surface area (Å²) in [5, 5.41) is 14.2. The second-order valence-electron chi connectivity index (χ2n) is 8.14. The number of ether oxygens (including phenoxy) is 1. The summed E-state index contributed by atoms with van der Waals surface area (Å²) in [5.74, 6) is -1.14. The lowest BCUT2D eigenvalue weighted by atomic mass is 9.98. The molecule has 4 rings (SSSR count). The van der Waals surface area contributed by atoms with Crippen LogP contribution in [-0.2, 0) is 20.7 Å². The Morgan fingerprint density at radius 1 is 0.853 bits per heavy atom. The number of amides is 2. The Kier molecular flexibility index (Phi) is 7.22. The lowest BCUT2D eigenvalue weighted by molar-refractivity contribution is -0.137. The molecule has 3 N–H and O–H groups in total. The van der Waals surface area contributed by atoms with Crippen LogP contribution < -0.4 is 10.6 Å². The summed E-state index contributed by atoms with van der Waals surface area (Å²) in [6.45, 7) is 0.358. The van der Waals surface area contributed by atoms with Gasteiger partial charge >= 0.3 is 12.1 Å². The van der Waals surface area contributed by atoms with E-state index in [9.17, 15) is 14.4 Å². The van der Waals surface area contributed by atoms with Crippen LogP contribution in [0.4, 0.5) is 10.5 Å². The zero-order chi connectivity index (χ0) is 23.9. The van der Waals surface area contributed by atoms with Gasteiger partial charge in [-0.1, -0.05) is 60.7 Å². The van der Waals surface area contributed by atoms with Gasteiger partial charge in [0.1, 0.15) is 6.61 Å². The number of anilines is 1. The Balaban J connectivity index is 1.23. The minimum atomic E-state index is -0.867. The first-order valence-electron chi connectivity index (χ1n) is 11.2. The summed E-state index contributed by atoms with van der Waals surface area (Å²) < 4.78 is 5.47. The van der Waals surface area contributed by atoms with Crippen molar-refractivity contribution in [2.24, 2.45) is 0 Å². The molecular formula is C27H26N2O5. The lowest BCUT2D eigenvalue weighted by Crippen LogP contribution is -2.29. The van der Waals surface area contributed by atoms with Gasteiger partial charge in [-0.15, -0.1) is 0 Å². The van der Waals surface area contributed by atoms with E-state index in [1.807, 2.05) is 30.3 Å². The van der Waals surface area contributed by atoms with E-state index in [2.05, 4.69) is 34.9 Å². The number of nitrogens with one attached hydrogen (secondary N) is 2. The van der Waals surface area contributed by atoms with Gasteiger partial charge in [-0.3, -0.25) is 9.59 Å². The molecule has 1 aliphatic rings. The minimum Gasteiger partial charge on any atom is -0.481 e. The fourth-order valence-electron chi connectivity index (χ4n) is 4.21. The first-order chi connectivity index (χ1) is 16.5. The largest absolute Gasteiger partial charge is 0.481 e. The molecule has 0 bridgehead atoms. The molecule has 0 aliphatic heterocycles. The van der Waals surface area contributed by atoms with Crippen LogP contribution in [0.15, 0.2) is 72.8 Å². The zero-order valence-electron chi connectivity index (χ0n) is 18.6. The average Bonchev–Trinajstić information content (AvgIpc) is 3.15. The molecule has 0 fully saturated rings. The van der Waals surface area contributed by atoms with Crippen LogP contribution in [0.25, 0.3) is 11.1 Å². The third kappa shape index (κ3) is 5.61. The second-order valence-corrected chi connectivity index (χ2v) is 8.14. The van der Waals surface area contributed by atoms with Gasteiger partial charge < -0.3 is 20.5 Å². The highest BCUT2D eigenvalue weighted by Gasteiger charge is 2.28. The number of rotatable bonds is 9. The molecule has 34 heavy (non-hydrogen) atoms. The average molecular weight is 459 g/mol. The topological polar surface area (TPSA) is 105 Å². The van der Waals surface area contributed by atoms with Crippen LogP contribution in [0.2, 0.25) is 0 Å². The number of carbonyl (C=O) groups is 3. The van der Waals surface area contributed by atoms with E-state index in [4.69, 9.17) is 9.84 Å². The van der Waals surface area contributed by atoms with Crippen LogP contribution in [0.3, 0.4) is 0 Å². The number of alkyl carbamates (subject to hydrolysis) is 1. The number of aryl methyl sites for hydroxylation is 1. The van der Waals surface area contributed by atoms with Crippen LogP contribution in [0.5, 0.6) is 0 Å². The van der Waals surface area contributed by atoms with Gasteiger partial charge in [0.25, 0.3) is 0 Å².